The summed E-state index contributed by atoms with van der Waals surface area (Å²) in [6.45, 7) is 0. The number of nitriles is 1. The van der Waals surface area contributed by atoms with Gasteiger partial charge in [0.2, 0.25) is 0 Å². The van der Waals surface area contributed by atoms with Crippen LogP contribution in [0.5, 0.6) is 5.75 Å². The van der Waals surface area contributed by atoms with E-state index >= 15 is 0 Å². The van der Waals surface area contributed by atoms with Crippen molar-refractivity contribution in [2.45, 2.75) is 69.1 Å². The van der Waals surface area contributed by atoms with E-state index in [1.54, 1.807) is 18.3 Å². The number of phenolic OH excluding ortho intramolecular Hbond substituents is 1. The molecule has 2 aliphatic heterocycles. The van der Waals surface area contributed by atoms with Gasteiger partial charge in [-0.3, -0.25) is 0 Å². The lowest BCUT2D eigenvalue weighted by Gasteiger charge is -2.45. The summed E-state index contributed by atoms with van der Waals surface area (Å²) < 4.78 is 0. The molecule has 2 N–H and O–H groups in total. The molecule has 1 aliphatic carbocycles. The minimum atomic E-state index is 0.0826. The van der Waals surface area contributed by atoms with Crippen molar-refractivity contribution in [1.29, 1.82) is 5.26 Å². The number of hydrogen-bond acceptors (Lipinski definition) is 9. The summed E-state index contributed by atoms with van der Waals surface area (Å²) in [6.07, 6.45) is 12.0. The van der Waals surface area contributed by atoms with E-state index in [4.69, 9.17) is 5.26 Å². The van der Waals surface area contributed by atoms with E-state index in [1.165, 1.54) is 43.4 Å². The molecule has 0 amide bonds. The van der Waals surface area contributed by atoms with Crippen molar-refractivity contribution >= 4 is 17.2 Å². The molecule has 3 aliphatic rings. The molecule has 168 valence electrons. The molecule has 2 aromatic heterocycles. The molecule has 4 heterocycles. The van der Waals surface area contributed by atoms with Gasteiger partial charge in [0.1, 0.15) is 11.8 Å². The molecule has 0 radical (unpaired) electrons. The standard InChI is InChI=1S/C24H25N7OS/c25-11-23-26-12-21(33-23)14-4-7-19(20(32)8-14)24-27-13-22(29-30-24)31(17-5-6-17)18-9-15-2-1-3-16(10-18)28-15/h4,7-8,12-13,15-18,28,32H,1-3,5-6,9-10H2/t15-,16+,18?. The number of thiazole rings is 1. The van der Waals surface area contributed by atoms with Gasteiger partial charge in [-0.15, -0.1) is 21.5 Å². The Balaban J connectivity index is 1.24. The molecule has 8 nitrogen and oxygen atoms in total. The van der Waals surface area contributed by atoms with Crippen LogP contribution in [0.2, 0.25) is 0 Å². The summed E-state index contributed by atoms with van der Waals surface area (Å²) >= 11 is 1.29. The minimum absolute atomic E-state index is 0.0826. The normalized spacial score (nSPS) is 24.3. The number of nitrogens with one attached hydrogen (secondary N) is 1. The average molecular weight is 460 g/mol. The highest BCUT2D eigenvalue weighted by Gasteiger charge is 2.40. The van der Waals surface area contributed by atoms with Crippen LogP contribution < -0.4 is 10.2 Å². The summed E-state index contributed by atoms with van der Waals surface area (Å²) in [4.78, 5) is 11.9. The van der Waals surface area contributed by atoms with Gasteiger partial charge in [0.05, 0.1) is 16.6 Å². The molecule has 3 aromatic rings. The number of piperidine rings is 2. The van der Waals surface area contributed by atoms with Crippen LogP contribution in [-0.4, -0.2) is 49.4 Å². The molecule has 1 saturated carbocycles. The Labute approximate surface area is 196 Å². The molecular weight excluding hydrogens is 434 g/mol. The number of nitrogens with zero attached hydrogens (tertiary/aromatic N) is 6. The monoisotopic (exact) mass is 459 g/mol. The van der Waals surface area contributed by atoms with E-state index in [2.05, 4.69) is 30.4 Å². The van der Waals surface area contributed by atoms with Crippen molar-refractivity contribution in [3.05, 3.63) is 35.6 Å². The number of aromatic hydroxyl groups is 1. The first kappa shape index (κ1) is 20.5. The predicted molar refractivity (Wildman–Crippen MR) is 126 cm³/mol. The van der Waals surface area contributed by atoms with Crippen molar-refractivity contribution in [3.8, 4) is 33.6 Å². The van der Waals surface area contributed by atoms with E-state index < -0.39 is 0 Å². The Kier molecular flexibility index (Phi) is 5.19. The topological polar surface area (TPSA) is 111 Å². The molecule has 0 spiro atoms. The van der Waals surface area contributed by atoms with Crippen molar-refractivity contribution in [2.24, 2.45) is 0 Å². The predicted octanol–water partition coefficient (Wildman–Crippen LogP) is 3.88. The van der Waals surface area contributed by atoms with Gasteiger partial charge in [0.15, 0.2) is 16.6 Å². The van der Waals surface area contributed by atoms with Crippen molar-refractivity contribution in [3.63, 3.8) is 0 Å². The highest BCUT2D eigenvalue weighted by molar-refractivity contribution is 7.15. The summed E-state index contributed by atoms with van der Waals surface area (Å²) in [6, 6.07) is 9.63. The van der Waals surface area contributed by atoms with Gasteiger partial charge in [-0.1, -0.05) is 12.5 Å². The molecule has 33 heavy (non-hydrogen) atoms. The SMILES string of the molecule is N#Cc1ncc(-c2ccc(-c3ncc(N(C4CC4)C4C[C@H]5CCC[C@@H](C4)N5)nn3)c(O)c2)s1. The molecule has 1 unspecified atom stereocenters. The first-order valence-corrected chi connectivity index (χ1v) is 12.4. The smallest absolute Gasteiger partial charge is 0.194 e. The zero-order valence-corrected chi connectivity index (χ0v) is 19.0. The maximum absolute atomic E-state index is 10.6. The Bertz CT molecular complexity index is 1190. The fourth-order valence-electron chi connectivity index (χ4n) is 5.33. The van der Waals surface area contributed by atoms with Gasteiger partial charge in [0, 0.05) is 30.4 Å². The minimum Gasteiger partial charge on any atom is -0.507 e. The van der Waals surface area contributed by atoms with Crippen LogP contribution in [0.3, 0.4) is 0 Å². The van der Waals surface area contributed by atoms with Crippen molar-refractivity contribution < 1.29 is 5.11 Å². The quantitative estimate of drug-likeness (QED) is 0.591. The van der Waals surface area contributed by atoms with Gasteiger partial charge in [-0.05, 0) is 56.2 Å². The fourth-order valence-corrected chi connectivity index (χ4v) is 6.04. The van der Waals surface area contributed by atoms with Crippen LogP contribution in [0.25, 0.3) is 21.8 Å². The maximum Gasteiger partial charge on any atom is 0.194 e. The Morgan fingerprint density at radius 2 is 1.85 bits per heavy atom. The number of hydrogen-bond donors (Lipinski definition) is 2. The van der Waals surface area contributed by atoms with E-state index in [0.717, 1.165) is 29.1 Å². The fraction of sp³-hybridized carbons (Fsp3) is 0.458. The molecule has 9 heteroatoms. The molecule has 6 rings (SSSR count). The van der Waals surface area contributed by atoms with Crippen LogP contribution in [0, 0.1) is 11.3 Å². The van der Waals surface area contributed by atoms with Gasteiger partial charge < -0.3 is 15.3 Å². The first-order chi connectivity index (χ1) is 16.2. The van der Waals surface area contributed by atoms with Gasteiger partial charge in [-0.2, -0.15) is 5.26 Å². The highest BCUT2D eigenvalue weighted by Crippen LogP contribution is 2.38. The number of benzene rings is 1. The number of fused-ring (bicyclic) bond motifs is 2. The lowest BCUT2D eigenvalue weighted by Crippen LogP contribution is -2.55. The Morgan fingerprint density at radius 1 is 1.03 bits per heavy atom. The number of rotatable bonds is 5. The summed E-state index contributed by atoms with van der Waals surface area (Å²) in [5, 5.41) is 32.8. The van der Waals surface area contributed by atoms with Crippen LogP contribution in [-0.2, 0) is 0 Å². The van der Waals surface area contributed by atoms with Crippen LogP contribution >= 0.6 is 11.3 Å². The summed E-state index contributed by atoms with van der Waals surface area (Å²) in [5.41, 5.74) is 1.34. The number of anilines is 1. The highest BCUT2D eigenvalue weighted by atomic mass is 32.1. The lowest BCUT2D eigenvalue weighted by molar-refractivity contribution is 0.215. The number of aromatic nitrogens is 4. The molecule has 2 saturated heterocycles. The lowest BCUT2D eigenvalue weighted by atomic mass is 9.83. The molecule has 3 fully saturated rings. The largest absolute Gasteiger partial charge is 0.507 e. The van der Waals surface area contributed by atoms with Crippen molar-refractivity contribution in [2.75, 3.05) is 4.90 Å². The summed E-state index contributed by atoms with van der Waals surface area (Å²) in [5.74, 6) is 1.33. The molecule has 2 bridgehead atoms. The Morgan fingerprint density at radius 3 is 2.48 bits per heavy atom. The van der Waals surface area contributed by atoms with Gasteiger partial charge >= 0.3 is 0 Å². The van der Waals surface area contributed by atoms with Crippen molar-refractivity contribution in [1.82, 2.24) is 25.5 Å². The number of phenols is 1. The van der Waals surface area contributed by atoms with Gasteiger partial charge in [-0.25, -0.2) is 9.97 Å². The van der Waals surface area contributed by atoms with E-state index in [1.807, 2.05) is 18.3 Å². The van der Waals surface area contributed by atoms with Crippen LogP contribution in [0.15, 0.2) is 30.6 Å². The second-order valence-electron chi connectivity index (χ2n) is 9.27. The van der Waals surface area contributed by atoms with E-state index in [9.17, 15) is 5.11 Å². The second kappa shape index (κ2) is 8.36. The summed E-state index contributed by atoms with van der Waals surface area (Å²) in [7, 11) is 0. The van der Waals surface area contributed by atoms with E-state index in [0.29, 0.717) is 40.6 Å². The molecule has 1 aromatic carbocycles. The van der Waals surface area contributed by atoms with Crippen LogP contribution in [0.1, 0.15) is 50.0 Å². The third-order valence-corrected chi connectivity index (χ3v) is 7.91. The zero-order chi connectivity index (χ0) is 22.4. The zero-order valence-electron chi connectivity index (χ0n) is 18.2. The third kappa shape index (κ3) is 4.05. The molecule has 3 atom stereocenters. The average Bonchev–Trinajstić information content (AvgIpc) is 3.54. The second-order valence-corrected chi connectivity index (χ2v) is 10.3. The first-order valence-electron chi connectivity index (χ1n) is 11.6. The van der Waals surface area contributed by atoms with Gasteiger partial charge in [0.25, 0.3) is 0 Å². The maximum atomic E-state index is 10.6. The van der Waals surface area contributed by atoms with E-state index in [-0.39, 0.29) is 5.75 Å². The third-order valence-electron chi connectivity index (χ3n) is 6.96. The molecular formula is C24H25N7OS. The van der Waals surface area contributed by atoms with Crippen LogP contribution in [0.4, 0.5) is 5.82 Å². The Hall–Kier alpha value is -3.09.